The minimum Gasteiger partial charge on any atom is -0.458 e. The highest BCUT2D eigenvalue weighted by Crippen LogP contribution is 2.64. The smallest absolute Gasteiger partial charge is 0.338 e. The van der Waals surface area contributed by atoms with Crippen molar-refractivity contribution in [2.75, 3.05) is 0 Å². The van der Waals surface area contributed by atoms with Crippen molar-refractivity contribution in [1.29, 1.82) is 0 Å². The number of esters is 1. The molecule has 4 aliphatic rings. The molecule has 104 valence electrons. The molecule has 0 radical (unpaired) electrons. The summed E-state index contributed by atoms with van der Waals surface area (Å²) in [6.07, 6.45) is 4.74. The average molecular weight is 270 g/mol. The molecule has 3 aliphatic carbocycles. The van der Waals surface area contributed by atoms with E-state index in [1.807, 2.05) is 30.3 Å². The fraction of sp³-hybridized carbons (Fsp3) is 0.588. The zero-order valence-corrected chi connectivity index (χ0v) is 11.3. The first-order valence-electron chi connectivity index (χ1n) is 7.73. The van der Waals surface area contributed by atoms with Crippen LogP contribution < -0.4 is 0 Å². The standard InChI is InChI=1S/C17H18O3/c18-17(9-4-2-1-3-5-9)20-13-7-10-6-11(13)12-8-14-16(19-14)15(10)12/h1-5,10-16H,6-8H2/t10-,11+,12+,13+,14+,15+,16-/m0/s1. The normalized spacial score (nSPS) is 46.9. The van der Waals surface area contributed by atoms with Crippen LogP contribution in [0.4, 0.5) is 0 Å². The predicted molar refractivity (Wildman–Crippen MR) is 72.1 cm³/mol. The summed E-state index contributed by atoms with van der Waals surface area (Å²) in [5.41, 5.74) is 0.671. The Morgan fingerprint density at radius 2 is 1.95 bits per heavy atom. The molecule has 1 saturated heterocycles. The molecular weight excluding hydrogens is 252 g/mol. The Bertz CT molecular complexity index is 555. The molecule has 0 N–H and O–H groups in total. The average Bonchev–Trinajstić information content (AvgIpc) is 2.86. The van der Waals surface area contributed by atoms with E-state index in [0.717, 1.165) is 24.2 Å². The van der Waals surface area contributed by atoms with Gasteiger partial charge in [0.05, 0.1) is 17.8 Å². The highest BCUT2D eigenvalue weighted by Gasteiger charge is 2.67. The Balaban J connectivity index is 1.31. The largest absolute Gasteiger partial charge is 0.458 e. The van der Waals surface area contributed by atoms with Gasteiger partial charge >= 0.3 is 5.97 Å². The zero-order valence-electron chi connectivity index (χ0n) is 11.3. The Morgan fingerprint density at radius 1 is 1.10 bits per heavy atom. The lowest BCUT2D eigenvalue weighted by molar-refractivity contribution is -0.00658. The van der Waals surface area contributed by atoms with Gasteiger partial charge in [-0.1, -0.05) is 18.2 Å². The summed E-state index contributed by atoms with van der Waals surface area (Å²) in [6, 6.07) is 9.35. The van der Waals surface area contributed by atoms with Crippen molar-refractivity contribution in [3.05, 3.63) is 35.9 Å². The fourth-order valence-electron chi connectivity index (χ4n) is 5.18. The molecule has 1 aromatic carbocycles. The van der Waals surface area contributed by atoms with Crippen LogP contribution in [0.15, 0.2) is 30.3 Å². The quantitative estimate of drug-likeness (QED) is 0.612. The lowest BCUT2D eigenvalue weighted by atomic mass is 9.79. The summed E-state index contributed by atoms with van der Waals surface area (Å²) in [7, 11) is 0. The van der Waals surface area contributed by atoms with E-state index in [-0.39, 0.29) is 12.1 Å². The van der Waals surface area contributed by atoms with E-state index in [1.165, 1.54) is 12.8 Å². The number of hydrogen-bond acceptors (Lipinski definition) is 3. The number of carbonyl (C=O) groups excluding carboxylic acids is 1. The summed E-state index contributed by atoms with van der Waals surface area (Å²) >= 11 is 0. The van der Waals surface area contributed by atoms with E-state index in [0.29, 0.717) is 23.7 Å². The lowest BCUT2D eigenvalue weighted by Crippen LogP contribution is -2.34. The molecular formula is C17H18O3. The van der Waals surface area contributed by atoms with Gasteiger partial charge in [0.1, 0.15) is 6.10 Å². The minimum atomic E-state index is -0.154. The predicted octanol–water partition coefficient (Wildman–Crippen LogP) is 2.66. The van der Waals surface area contributed by atoms with Crippen LogP contribution in [-0.2, 0) is 9.47 Å². The maximum atomic E-state index is 12.2. The summed E-state index contributed by atoms with van der Waals surface area (Å²) in [5, 5.41) is 0. The minimum absolute atomic E-state index is 0.145. The highest BCUT2D eigenvalue weighted by atomic mass is 16.6. The Hall–Kier alpha value is -1.35. The number of ether oxygens (including phenoxy) is 2. The topological polar surface area (TPSA) is 38.8 Å². The van der Waals surface area contributed by atoms with Crippen LogP contribution in [0, 0.1) is 23.7 Å². The molecule has 3 nitrogen and oxygen atoms in total. The number of fused-ring (bicyclic) bond motifs is 7. The number of hydrogen-bond donors (Lipinski definition) is 0. The molecule has 5 rings (SSSR count). The summed E-state index contributed by atoms with van der Waals surface area (Å²) < 4.78 is 11.5. The van der Waals surface area contributed by atoms with E-state index < -0.39 is 0 Å². The summed E-state index contributed by atoms with van der Waals surface area (Å²) in [4.78, 5) is 12.2. The maximum absolute atomic E-state index is 12.2. The van der Waals surface area contributed by atoms with Gasteiger partial charge in [0.2, 0.25) is 0 Å². The second-order valence-corrected chi connectivity index (χ2v) is 6.82. The molecule has 3 heteroatoms. The van der Waals surface area contributed by atoms with Crippen molar-refractivity contribution in [3.8, 4) is 0 Å². The maximum Gasteiger partial charge on any atom is 0.338 e. The van der Waals surface area contributed by atoms with Gasteiger partial charge in [-0.15, -0.1) is 0 Å². The van der Waals surface area contributed by atoms with E-state index in [2.05, 4.69) is 0 Å². The van der Waals surface area contributed by atoms with E-state index in [1.54, 1.807) is 0 Å². The Kier molecular flexibility index (Phi) is 2.18. The van der Waals surface area contributed by atoms with Crippen LogP contribution in [0.5, 0.6) is 0 Å². The Morgan fingerprint density at radius 3 is 2.80 bits per heavy atom. The van der Waals surface area contributed by atoms with Crippen molar-refractivity contribution < 1.29 is 14.3 Å². The molecule has 4 fully saturated rings. The first kappa shape index (κ1) is 11.3. The SMILES string of the molecule is O=C(O[C@@H]1C[C@@H]2C[C@@H]1[C@H]1C[C@H]3O[C@@H]3[C@H]21)c1ccccc1. The third-order valence-electron chi connectivity index (χ3n) is 5.95. The van der Waals surface area contributed by atoms with Crippen LogP contribution >= 0.6 is 0 Å². The summed E-state index contributed by atoms with van der Waals surface area (Å²) in [6.45, 7) is 0. The van der Waals surface area contributed by atoms with Crippen molar-refractivity contribution >= 4 is 5.97 Å². The molecule has 0 unspecified atom stereocenters. The van der Waals surface area contributed by atoms with Crippen molar-refractivity contribution in [2.45, 2.75) is 37.6 Å². The first-order valence-corrected chi connectivity index (χ1v) is 7.73. The molecule has 7 atom stereocenters. The van der Waals surface area contributed by atoms with Gasteiger partial charge in [-0.05, 0) is 55.1 Å². The van der Waals surface area contributed by atoms with E-state index in [4.69, 9.17) is 9.47 Å². The lowest BCUT2D eigenvalue weighted by Gasteiger charge is -2.32. The van der Waals surface area contributed by atoms with Crippen LogP contribution in [0.25, 0.3) is 0 Å². The van der Waals surface area contributed by atoms with Crippen LogP contribution in [0.1, 0.15) is 29.6 Å². The molecule has 20 heavy (non-hydrogen) atoms. The van der Waals surface area contributed by atoms with Crippen molar-refractivity contribution in [1.82, 2.24) is 0 Å². The molecule has 1 aromatic rings. The van der Waals surface area contributed by atoms with E-state index >= 15 is 0 Å². The third-order valence-corrected chi connectivity index (χ3v) is 5.95. The van der Waals surface area contributed by atoms with Gasteiger partial charge in [-0.3, -0.25) is 0 Å². The summed E-state index contributed by atoms with van der Waals surface area (Å²) in [5.74, 6) is 2.70. The third kappa shape index (κ3) is 1.47. The molecule has 1 aliphatic heterocycles. The van der Waals surface area contributed by atoms with Gasteiger partial charge in [-0.25, -0.2) is 4.79 Å². The van der Waals surface area contributed by atoms with Gasteiger partial charge in [0, 0.05) is 0 Å². The van der Waals surface area contributed by atoms with Gasteiger partial charge < -0.3 is 9.47 Å². The molecule has 0 amide bonds. The number of carbonyl (C=O) groups is 1. The molecule has 0 aromatic heterocycles. The van der Waals surface area contributed by atoms with Crippen LogP contribution in [-0.4, -0.2) is 24.3 Å². The van der Waals surface area contributed by atoms with Gasteiger partial charge in [0.15, 0.2) is 0 Å². The second kappa shape index (κ2) is 3.85. The molecule has 2 bridgehead atoms. The number of benzene rings is 1. The Labute approximate surface area is 118 Å². The van der Waals surface area contributed by atoms with Crippen molar-refractivity contribution in [3.63, 3.8) is 0 Å². The van der Waals surface area contributed by atoms with Crippen molar-refractivity contribution in [2.24, 2.45) is 23.7 Å². The van der Waals surface area contributed by atoms with Crippen LogP contribution in [0.3, 0.4) is 0 Å². The monoisotopic (exact) mass is 270 g/mol. The first-order chi connectivity index (χ1) is 9.81. The molecule has 1 heterocycles. The van der Waals surface area contributed by atoms with Gasteiger partial charge in [0.25, 0.3) is 0 Å². The fourth-order valence-corrected chi connectivity index (χ4v) is 5.18. The molecule has 3 saturated carbocycles. The van der Waals surface area contributed by atoms with Crippen LogP contribution in [0.2, 0.25) is 0 Å². The number of epoxide rings is 1. The van der Waals surface area contributed by atoms with Gasteiger partial charge in [-0.2, -0.15) is 0 Å². The second-order valence-electron chi connectivity index (χ2n) is 6.82. The van der Waals surface area contributed by atoms with E-state index in [9.17, 15) is 4.79 Å². The number of rotatable bonds is 2. The zero-order chi connectivity index (χ0) is 13.3. The highest BCUT2D eigenvalue weighted by molar-refractivity contribution is 5.89. The molecule has 0 spiro atoms.